The average molecular weight is 524 g/mol. The first-order valence-electron chi connectivity index (χ1n) is 9.03. The summed E-state index contributed by atoms with van der Waals surface area (Å²) in [6.07, 6.45) is 0. The lowest BCUT2D eigenvalue weighted by atomic mass is 10.0. The fourth-order valence-corrected chi connectivity index (χ4v) is 6.64. The van der Waals surface area contributed by atoms with E-state index in [0.29, 0.717) is 16.4 Å². The first-order valence-corrected chi connectivity index (χ1v) is 12.4. The van der Waals surface area contributed by atoms with Crippen LogP contribution in [0, 0.1) is 0 Å². The van der Waals surface area contributed by atoms with Gasteiger partial charge in [0, 0.05) is 16.4 Å². The molecule has 3 aliphatic heterocycles. The Balaban J connectivity index is 1.80. The number of fused-ring (bicyclic) bond motifs is 1. The fraction of sp³-hybridized carbons (Fsp3) is 0.500. The molecule has 16 heteroatoms. The van der Waals surface area contributed by atoms with Gasteiger partial charge in [-0.3, -0.25) is 14.5 Å². The van der Waals surface area contributed by atoms with Gasteiger partial charge in [-0.15, -0.1) is 23.5 Å². The maximum atomic E-state index is 12.9. The van der Waals surface area contributed by atoms with Crippen LogP contribution in [0.25, 0.3) is 0 Å². The zero-order valence-electron chi connectivity index (χ0n) is 16.4. The SMILES string of the molecule is CCSC1=C(C(=O)O)N2C(=O)C(NC(=O)/C(=N/OCC(=O)O)C3(Cl)CSC(N)=N3)[C@H]2SC1. The zero-order valence-corrected chi connectivity index (χ0v) is 19.6. The number of halogens is 1. The van der Waals surface area contributed by atoms with Crippen LogP contribution in [0.1, 0.15) is 6.92 Å². The van der Waals surface area contributed by atoms with Gasteiger partial charge in [-0.25, -0.2) is 14.6 Å². The number of amidine groups is 1. The number of aliphatic carboxylic acids is 2. The largest absolute Gasteiger partial charge is 0.479 e. The molecule has 1 saturated heterocycles. The van der Waals surface area contributed by atoms with Crippen LogP contribution in [0.5, 0.6) is 0 Å². The smallest absolute Gasteiger partial charge is 0.353 e. The quantitative estimate of drug-likeness (QED) is 0.104. The second-order valence-electron chi connectivity index (χ2n) is 6.48. The zero-order chi connectivity index (χ0) is 23.6. The Morgan fingerprint density at radius 1 is 1.47 bits per heavy atom. The number of nitrogens with zero attached hydrogens (tertiary/aromatic N) is 3. The standard InChI is InChI=1S/C16H18ClN5O7S3/c1-2-30-6-4-31-13-8(12(26)22(13)9(6)14(27)28)19-11(25)10(21-29-3-7(23)24)16(17)5-32-15(18)20-16/h8,13H,2-5H2,1H3,(H2,18,20)(H,19,25)(H,23,24)(H,27,28)/b21-10-/t8?,13-,16?/m1/s1. The van der Waals surface area contributed by atoms with Crippen LogP contribution in [-0.2, 0) is 24.0 Å². The molecule has 32 heavy (non-hydrogen) atoms. The summed E-state index contributed by atoms with van der Waals surface area (Å²) in [5.74, 6) is -2.98. The third-order valence-corrected chi connectivity index (χ3v) is 8.30. The number of rotatable bonds is 9. The summed E-state index contributed by atoms with van der Waals surface area (Å²) in [6, 6.07) is -1.03. The predicted octanol–water partition coefficient (Wildman–Crippen LogP) is -0.111. The van der Waals surface area contributed by atoms with Gasteiger partial charge in [0.1, 0.15) is 17.1 Å². The van der Waals surface area contributed by atoms with E-state index in [1.54, 1.807) is 0 Å². The molecule has 0 aromatic rings. The first kappa shape index (κ1) is 24.5. The number of nitrogens with one attached hydrogen (secondary N) is 1. The van der Waals surface area contributed by atoms with E-state index in [9.17, 15) is 24.3 Å². The van der Waals surface area contributed by atoms with Crippen LogP contribution in [0.15, 0.2) is 20.8 Å². The van der Waals surface area contributed by atoms with Crippen molar-refractivity contribution in [3.05, 3.63) is 10.6 Å². The summed E-state index contributed by atoms with van der Waals surface area (Å²) in [4.78, 5) is 56.8. The third kappa shape index (κ3) is 4.79. The number of carbonyl (C=O) groups excluding carboxylic acids is 2. The predicted molar refractivity (Wildman–Crippen MR) is 122 cm³/mol. The summed E-state index contributed by atoms with van der Waals surface area (Å²) < 4.78 is 0. The number of amides is 2. The summed E-state index contributed by atoms with van der Waals surface area (Å²) in [5.41, 5.74) is 5.08. The van der Waals surface area contributed by atoms with Gasteiger partial charge in [-0.2, -0.15) is 0 Å². The van der Waals surface area contributed by atoms with Gasteiger partial charge in [-0.05, 0) is 5.75 Å². The van der Waals surface area contributed by atoms with Crippen molar-refractivity contribution in [1.82, 2.24) is 10.2 Å². The number of carboxylic acids is 2. The highest BCUT2D eigenvalue weighted by atomic mass is 35.5. The number of carboxylic acid groups (broad SMARTS) is 2. The van der Waals surface area contributed by atoms with Gasteiger partial charge in [-0.1, -0.05) is 35.4 Å². The number of β-lactam (4-membered cyclic amide) rings is 1. The molecule has 0 aromatic carbocycles. The number of hydrogen-bond acceptors (Lipinski definition) is 11. The van der Waals surface area contributed by atoms with Gasteiger partial charge in [0.15, 0.2) is 15.9 Å². The van der Waals surface area contributed by atoms with Crippen molar-refractivity contribution < 1.29 is 34.2 Å². The van der Waals surface area contributed by atoms with Gasteiger partial charge in [0.2, 0.25) is 6.61 Å². The molecule has 0 spiro atoms. The van der Waals surface area contributed by atoms with E-state index in [-0.39, 0.29) is 16.6 Å². The van der Waals surface area contributed by atoms with Crippen LogP contribution in [0.3, 0.4) is 0 Å². The van der Waals surface area contributed by atoms with Crippen LogP contribution >= 0.6 is 46.9 Å². The third-order valence-electron chi connectivity index (χ3n) is 4.36. The van der Waals surface area contributed by atoms with Crippen LogP contribution in [0.2, 0.25) is 0 Å². The highest BCUT2D eigenvalue weighted by Crippen LogP contribution is 2.43. The van der Waals surface area contributed by atoms with Crippen molar-refractivity contribution in [2.45, 2.75) is 23.3 Å². The van der Waals surface area contributed by atoms with Gasteiger partial charge >= 0.3 is 11.9 Å². The maximum absolute atomic E-state index is 12.9. The van der Waals surface area contributed by atoms with E-state index in [1.165, 1.54) is 23.5 Å². The van der Waals surface area contributed by atoms with Crippen molar-refractivity contribution in [1.29, 1.82) is 0 Å². The number of nitrogens with two attached hydrogens (primary N) is 1. The Hall–Kier alpha value is -2.10. The van der Waals surface area contributed by atoms with Crippen LogP contribution in [-0.4, -0.2) is 90.0 Å². The Morgan fingerprint density at radius 3 is 2.75 bits per heavy atom. The Kier molecular flexibility index (Phi) is 7.52. The lowest BCUT2D eigenvalue weighted by Gasteiger charge is -2.49. The lowest BCUT2D eigenvalue weighted by Crippen LogP contribution is -2.71. The summed E-state index contributed by atoms with van der Waals surface area (Å²) in [6.45, 7) is 1.05. The normalized spacial score (nSPS) is 27.4. The van der Waals surface area contributed by atoms with Crippen molar-refractivity contribution in [3.8, 4) is 0 Å². The highest BCUT2D eigenvalue weighted by molar-refractivity contribution is 8.14. The number of thioether (sulfide) groups is 3. The van der Waals surface area contributed by atoms with Crippen LogP contribution < -0.4 is 11.1 Å². The number of carbonyl (C=O) groups is 4. The second-order valence-corrected chi connectivity index (χ2v) is 10.6. The van der Waals surface area contributed by atoms with Gasteiger partial charge < -0.3 is 26.1 Å². The summed E-state index contributed by atoms with van der Waals surface area (Å²) >= 11 is 10.1. The Morgan fingerprint density at radius 2 is 2.19 bits per heavy atom. The second kappa shape index (κ2) is 9.80. The van der Waals surface area contributed by atoms with E-state index < -0.39 is 52.5 Å². The molecule has 0 aliphatic carbocycles. The number of hydrogen-bond donors (Lipinski definition) is 4. The minimum atomic E-state index is -1.71. The average Bonchev–Trinajstić information content (AvgIpc) is 3.07. The maximum Gasteiger partial charge on any atom is 0.353 e. The van der Waals surface area contributed by atoms with Crippen LogP contribution in [0.4, 0.5) is 0 Å². The molecule has 3 heterocycles. The van der Waals surface area contributed by atoms with E-state index >= 15 is 0 Å². The van der Waals surface area contributed by atoms with Gasteiger partial charge in [0.25, 0.3) is 11.8 Å². The van der Waals surface area contributed by atoms with Crippen molar-refractivity contribution in [2.24, 2.45) is 15.9 Å². The summed E-state index contributed by atoms with van der Waals surface area (Å²) in [5, 5.41) is 23.8. The molecule has 3 atom stereocenters. The molecule has 2 amide bonds. The highest BCUT2D eigenvalue weighted by Gasteiger charge is 2.55. The molecule has 0 radical (unpaired) electrons. The van der Waals surface area contributed by atoms with E-state index in [4.69, 9.17) is 22.4 Å². The molecule has 174 valence electrons. The minimum absolute atomic E-state index is 0.0372. The Bertz CT molecular complexity index is 958. The first-order chi connectivity index (χ1) is 15.1. The molecule has 2 unspecified atom stereocenters. The minimum Gasteiger partial charge on any atom is -0.479 e. The lowest BCUT2D eigenvalue weighted by molar-refractivity contribution is -0.150. The van der Waals surface area contributed by atoms with Gasteiger partial charge in [0.05, 0.1) is 0 Å². The van der Waals surface area contributed by atoms with Crippen molar-refractivity contribution in [2.75, 3.05) is 23.9 Å². The number of alkyl halides is 1. The molecular weight excluding hydrogens is 506 g/mol. The molecule has 12 nitrogen and oxygen atoms in total. The molecule has 5 N–H and O–H groups in total. The molecule has 3 aliphatic rings. The summed E-state index contributed by atoms with van der Waals surface area (Å²) in [7, 11) is 0. The number of aliphatic imine (C=N–C) groups is 1. The molecular formula is C16H18ClN5O7S3. The van der Waals surface area contributed by atoms with E-state index in [0.717, 1.165) is 16.7 Å². The van der Waals surface area contributed by atoms with Crippen molar-refractivity contribution in [3.63, 3.8) is 0 Å². The molecule has 0 aromatic heterocycles. The van der Waals surface area contributed by atoms with E-state index in [2.05, 4.69) is 20.3 Å². The molecule has 0 bridgehead atoms. The Labute approximate surface area is 199 Å². The van der Waals surface area contributed by atoms with E-state index in [1.807, 2.05) is 6.92 Å². The molecule has 1 fully saturated rings. The molecule has 0 saturated carbocycles. The topological polar surface area (TPSA) is 184 Å². The van der Waals surface area contributed by atoms with Crippen molar-refractivity contribution >= 4 is 81.5 Å². The fourth-order valence-electron chi connectivity index (χ4n) is 3.05. The number of oxime groups is 1. The monoisotopic (exact) mass is 523 g/mol. The molecule has 3 rings (SSSR count).